The Labute approximate surface area is 157 Å². The van der Waals surface area contributed by atoms with Crippen LogP contribution in [0.25, 0.3) is 11.2 Å². The summed E-state index contributed by atoms with van der Waals surface area (Å²) >= 11 is 0. The van der Waals surface area contributed by atoms with Crippen LogP contribution in [0.15, 0.2) is 12.7 Å². The number of carbonyl (C=O) groups is 1. The molecule has 0 amide bonds. The van der Waals surface area contributed by atoms with Crippen molar-refractivity contribution in [2.45, 2.75) is 43.3 Å². The van der Waals surface area contributed by atoms with E-state index < -0.39 is 46.8 Å². The smallest absolute Gasteiger partial charge is 0.320 e. The molecule has 7 N–H and O–H groups in total. The number of aliphatic hydroxyl groups is 2. The predicted octanol–water partition coefficient (Wildman–Crippen LogP) is -1.57. The van der Waals surface area contributed by atoms with Gasteiger partial charge in [-0.05, 0) is 6.92 Å². The number of fused-ring (bicyclic) bond motifs is 1. The maximum absolute atomic E-state index is 10.9. The third-order valence-corrected chi connectivity index (χ3v) is 7.11. The van der Waals surface area contributed by atoms with Gasteiger partial charge in [0.1, 0.15) is 35.5 Å². The summed E-state index contributed by atoms with van der Waals surface area (Å²) < 4.78 is 7.49. The van der Waals surface area contributed by atoms with E-state index in [9.17, 15) is 15.0 Å². The Balaban J connectivity index is 1.80. The van der Waals surface area contributed by atoms with Crippen molar-refractivity contribution >= 4 is 33.8 Å². The number of nitrogens with two attached hydrogens (primary N) is 2. The van der Waals surface area contributed by atoms with Crippen LogP contribution in [0.3, 0.4) is 0 Å². The molecule has 1 aliphatic rings. The highest BCUT2D eigenvalue weighted by molar-refractivity contribution is 7.97. The number of imidazole rings is 1. The number of carboxylic acid groups (broad SMARTS) is 1. The van der Waals surface area contributed by atoms with Gasteiger partial charge in [0.15, 0.2) is 23.8 Å². The highest BCUT2D eigenvalue weighted by atomic mass is 32.2. The average molecular weight is 399 g/mol. The van der Waals surface area contributed by atoms with Crippen molar-refractivity contribution in [2.75, 3.05) is 17.2 Å². The van der Waals surface area contributed by atoms with Crippen LogP contribution in [-0.2, 0) is 20.4 Å². The lowest BCUT2D eigenvalue weighted by Gasteiger charge is -2.17. The van der Waals surface area contributed by atoms with Gasteiger partial charge in [0, 0.05) is 17.3 Å². The molecule has 2 unspecified atom stereocenters. The number of nitrogens with zero attached hydrogens (tertiary/aromatic N) is 4. The molecule has 1 saturated heterocycles. The van der Waals surface area contributed by atoms with Crippen LogP contribution in [0.1, 0.15) is 19.6 Å². The number of carboxylic acids is 1. The van der Waals surface area contributed by atoms with Gasteiger partial charge in [-0.1, -0.05) is 0 Å². The first-order chi connectivity index (χ1) is 12.8. The number of aliphatic hydroxyl groups excluding tert-OH is 2. The number of aromatic nitrogens is 4. The molecule has 1 aliphatic heterocycles. The molecule has 0 aliphatic carbocycles. The SMILES string of the molecule is CC[S+](CCC(N)C(=O)O)[C@H]1O[C@@H](n2cnc3c(N)ncnc32)[C@H](O)[C@@H]1O. The zero-order chi connectivity index (χ0) is 19.7. The van der Waals surface area contributed by atoms with Crippen LogP contribution in [0.4, 0.5) is 5.82 Å². The Kier molecular flexibility index (Phi) is 5.81. The van der Waals surface area contributed by atoms with E-state index in [2.05, 4.69) is 15.0 Å². The highest BCUT2D eigenvalue weighted by Gasteiger charge is 2.52. The summed E-state index contributed by atoms with van der Waals surface area (Å²) in [5.41, 5.74) is 11.5. The molecule has 27 heavy (non-hydrogen) atoms. The monoisotopic (exact) mass is 399 g/mol. The van der Waals surface area contributed by atoms with Crippen molar-refractivity contribution in [1.29, 1.82) is 0 Å². The molecule has 11 nitrogen and oxygen atoms in total. The highest BCUT2D eigenvalue weighted by Crippen LogP contribution is 2.35. The van der Waals surface area contributed by atoms with Crippen LogP contribution >= 0.6 is 0 Å². The van der Waals surface area contributed by atoms with Crippen molar-refractivity contribution in [1.82, 2.24) is 19.5 Å². The van der Waals surface area contributed by atoms with Crippen molar-refractivity contribution in [3.63, 3.8) is 0 Å². The van der Waals surface area contributed by atoms with E-state index in [-0.39, 0.29) is 12.2 Å². The van der Waals surface area contributed by atoms with E-state index >= 15 is 0 Å². The lowest BCUT2D eigenvalue weighted by atomic mass is 10.2. The van der Waals surface area contributed by atoms with Gasteiger partial charge in [-0.25, -0.2) is 15.0 Å². The molecule has 2 aromatic rings. The number of hydrogen-bond acceptors (Lipinski definition) is 9. The average Bonchev–Trinajstić information content (AvgIpc) is 3.19. The van der Waals surface area contributed by atoms with Gasteiger partial charge >= 0.3 is 5.97 Å². The van der Waals surface area contributed by atoms with E-state index in [0.29, 0.717) is 22.7 Å². The van der Waals surface area contributed by atoms with Gasteiger partial charge in [0.05, 0.1) is 6.33 Å². The Morgan fingerprint density at radius 1 is 1.37 bits per heavy atom. The first-order valence-electron chi connectivity index (χ1n) is 8.44. The standard InChI is InChI=1S/C15H22N6O5S/c1-2-27(4-3-7(16)14(24)25)15-10(23)9(22)13(26-15)21-6-20-8-11(17)18-5-19-12(8)21/h5-7,9-10,13,15,22-23H,2-4,16H2,1H3,(H2-,17,18,19,24,25)/p+1/t7?,9-,10+,13-,15-,27?/m1/s1. The van der Waals surface area contributed by atoms with Crippen LogP contribution in [-0.4, -0.2) is 76.0 Å². The summed E-state index contributed by atoms with van der Waals surface area (Å²) in [4.78, 5) is 23.1. The molecule has 148 valence electrons. The summed E-state index contributed by atoms with van der Waals surface area (Å²) in [6.45, 7) is 1.92. The number of rotatable bonds is 7. The predicted molar refractivity (Wildman–Crippen MR) is 98.7 cm³/mol. The maximum atomic E-state index is 10.9. The number of nitrogen functional groups attached to an aromatic ring is 1. The van der Waals surface area contributed by atoms with Gasteiger partial charge in [-0.2, -0.15) is 0 Å². The maximum Gasteiger partial charge on any atom is 0.320 e. The molecular formula is C15H23N6O5S+. The largest absolute Gasteiger partial charge is 0.480 e. The summed E-state index contributed by atoms with van der Waals surface area (Å²) in [6.07, 6.45) is -0.233. The first-order valence-corrected chi connectivity index (χ1v) is 10.1. The van der Waals surface area contributed by atoms with Gasteiger partial charge in [0.2, 0.25) is 5.44 Å². The molecule has 1 fully saturated rings. The lowest BCUT2D eigenvalue weighted by Crippen LogP contribution is -2.40. The molecule has 3 rings (SSSR count). The minimum atomic E-state index is -1.20. The van der Waals surface area contributed by atoms with Gasteiger partial charge < -0.3 is 31.5 Å². The normalized spacial score (nSPS) is 27.7. The van der Waals surface area contributed by atoms with Crippen LogP contribution in [0.5, 0.6) is 0 Å². The second-order valence-electron chi connectivity index (χ2n) is 6.22. The minimum absolute atomic E-state index is 0.208. The first kappa shape index (κ1) is 19.8. The molecule has 12 heteroatoms. The summed E-state index contributed by atoms with van der Waals surface area (Å²) in [6, 6.07) is -0.969. The van der Waals surface area contributed by atoms with E-state index in [1.54, 1.807) is 0 Å². The molecule has 0 spiro atoms. The molecule has 0 saturated carbocycles. The molecule has 2 aromatic heterocycles. The van der Waals surface area contributed by atoms with Crippen molar-refractivity contribution in [3.05, 3.63) is 12.7 Å². The van der Waals surface area contributed by atoms with E-state index in [1.165, 1.54) is 17.2 Å². The Hall–Kier alpha value is -1.99. The Morgan fingerprint density at radius 3 is 2.78 bits per heavy atom. The molecule has 0 bridgehead atoms. The number of aliphatic carboxylic acids is 1. The minimum Gasteiger partial charge on any atom is -0.480 e. The fraction of sp³-hybridized carbons (Fsp3) is 0.600. The summed E-state index contributed by atoms with van der Waals surface area (Å²) in [5.74, 6) is 0.278. The second-order valence-corrected chi connectivity index (χ2v) is 8.75. The topological polar surface area (TPSA) is 183 Å². The number of anilines is 1. The molecule has 6 atom stereocenters. The number of ether oxygens (including phenoxy) is 1. The Morgan fingerprint density at radius 2 is 2.11 bits per heavy atom. The molecule has 0 aromatic carbocycles. The van der Waals surface area contributed by atoms with Crippen LogP contribution in [0.2, 0.25) is 0 Å². The molecular weight excluding hydrogens is 376 g/mol. The van der Waals surface area contributed by atoms with Crippen molar-refractivity contribution in [2.24, 2.45) is 5.73 Å². The van der Waals surface area contributed by atoms with Crippen LogP contribution < -0.4 is 11.5 Å². The van der Waals surface area contributed by atoms with E-state index in [4.69, 9.17) is 21.3 Å². The zero-order valence-corrected chi connectivity index (χ0v) is 15.5. The fourth-order valence-electron chi connectivity index (χ4n) is 3.02. The third kappa shape index (κ3) is 3.71. The van der Waals surface area contributed by atoms with Crippen LogP contribution in [0, 0.1) is 0 Å². The van der Waals surface area contributed by atoms with E-state index in [1.807, 2.05) is 6.92 Å². The Bertz CT molecular complexity index is 819. The quantitative estimate of drug-likeness (QED) is 0.341. The summed E-state index contributed by atoms with van der Waals surface area (Å²) in [5, 5.41) is 30.0. The third-order valence-electron chi connectivity index (χ3n) is 4.56. The molecule has 0 radical (unpaired) electrons. The fourth-order valence-corrected chi connectivity index (χ4v) is 5.25. The lowest BCUT2D eigenvalue weighted by molar-refractivity contribution is -0.138. The zero-order valence-electron chi connectivity index (χ0n) is 14.7. The molecule has 3 heterocycles. The second kappa shape index (κ2) is 7.94. The number of hydrogen-bond donors (Lipinski definition) is 5. The van der Waals surface area contributed by atoms with Gasteiger partial charge in [-0.3, -0.25) is 9.36 Å². The van der Waals surface area contributed by atoms with Gasteiger partial charge in [0.25, 0.3) is 0 Å². The van der Waals surface area contributed by atoms with Crippen molar-refractivity contribution in [3.8, 4) is 0 Å². The van der Waals surface area contributed by atoms with E-state index in [0.717, 1.165) is 0 Å². The van der Waals surface area contributed by atoms with Crippen molar-refractivity contribution < 1.29 is 24.9 Å². The van der Waals surface area contributed by atoms with Gasteiger partial charge in [-0.15, -0.1) is 0 Å². The summed E-state index contributed by atoms with van der Waals surface area (Å²) in [7, 11) is -0.482.